The number of nitrogens with zero attached hydrogens (tertiary/aromatic N) is 5. The molecule has 0 aromatic carbocycles. The molecule has 1 aliphatic carbocycles. The molecule has 10 nitrogen and oxygen atoms in total. The lowest BCUT2D eigenvalue weighted by Gasteiger charge is -2.24. The summed E-state index contributed by atoms with van der Waals surface area (Å²) < 4.78 is 12.9. The summed E-state index contributed by atoms with van der Waals surface area (Å²) in [6.45, 7) is 6.90. The first-order chi connectivity index (χ1) is 16.0. The van der Waals surface area contributed by atoms with Gasteiger partial charge in [0.25, 0.3) is 5.91 Å². The molecule has 0 bridgehead atoms. The Morgan fingerprint density at radius 3 is 2.73 bits per heavy atom. The second-order valence-electron chi connectivity index (χ2n) is 9.60. The van der Waals surface area contributed by atoms with Gasteiger partial charge in [-0.05, 0) is 31.6 Å². The van der Waals surface area contributed by atoms with Crippen LogP contribution in [0.4, 0.5) is 0 Å². The van der Waals surface area contributed by atoms with Gasteiger partial charge in [-0.1, -0.05) is 19.0 Å². The van der Waals surface area contributed by atoms with Crippen molar-refractivity contribution < 1.29 is 18.8 Å². The monoisotopic (exact) mass is 456 g/mol. The molecule has 3 aliphatic rings. The molecule has 2 unspecified atom stereocenters. The summed E-state index contributed by atoms with van der Waals surface area (Å²) in [4.78, 5) is 27.9. The minimum absolute atomic E-state index is 0.00443. The Morgan fingerprint density at radius 2 is 1.94 bits per heavy atom. The number of nitrogens with one attached hydrogen (secondary N) is 1. The first kappa shape index (κ1) is 22.1. The Labute approximate surface area is 193 Å². The van der Waals surface area contributed by atoms with Crippen molar-refractivity contribution in [2.24, 2.45) is 11.8 Å². The van der Waals surface area contributed by atoms with Crippen LogP contribution in [0.15, 0.2) is 4.52 Å². The summed E-state index contributed by atoms with van der Waals surface area (Å²) in [5.41, 5.74) is 1.45. The van der Waals surface area contributed by atoms with Gasteiger partial charge < -0.3 is 24.0 Å². The van der Waals surface area contributed by atoms with Gasteiger partial charge in [-0.25, -0.2) is 0 Å². The highest BCUT2D eigenvalue weighted by Crippen LogP contribution is 2.27. The minimum atomic E-state index is -0.246. The molecule has 0 saturated carbocycles. The molecule has 0 radical (unpaired) electrons. The fourth-order valence-electron chi connectivity index (χ4n) is 5.02. The van der Waals surface area contributed by atoms with Crippen LogP contribution in [0.1, 0.15) is 72.6 Å². The van der Waals surface area contributed by atoms with Gasteiger partial charge in [0, 0.05) is 44.6 Å². The summed E-state index contributed by atoms with van der Waals surface area (Å²) in [5, 5.41) is 16.2. The highest BCUT2D eigenvalue weighted by Gasteiger charge is 2.33. The van der Waals surface area contributed by atoms with Crippen molar-refractivity contribution >= 4 is 11.8 Å². The lowest BCUT2D eigenvalue weighted by molar-refractivity contribution is -0.126. The van der Waals surface area contributed by atoms with Crippen LogP contribution in [-0.2, 0) is 35.3 Å². The van der Waals surface area contributed by atoms with E-state index in [9.17, 15) is 9.59 Å². The molecule has 5 rings (SSSR count). The summed E-state index contributed by atoms with van der Waals surface area (Å²) in [6, 6.07) is -0.246. The second kappa shape index (κ2) is 9.24. The van der Waals surface area contributed by atoms with Crippen LogP contribution >= 0.6 is 0 Å². The third-order valence-corrected chi connectivity index (χ3v) is 7.04. The molecule has 2 aromatic rings. The van der Waals surface area contributed by atoms with Crippen LogP contribution in [-0.4, -0.2) is 62.9 Å². The lowest BCUT2D eigenvalue weighted by atomic mass is 9.96. The number of amides is 2. The molecule has 0 spiro atoms. The molecular formula is C23H32N6O4. The van der Waals surface area contributed by atoms with Crippen LogP contribution < -0.4 is 5.32 Å². The Kier molecular flexibility index (Phi) is 6.18. The molecule has 10 heteroatoms. The van der Waals surface area contributed by atoms with Gasteiger partial charge in [-0.15, -0.1) is 10.2 Å². The fraction of sp³-hybridized carbons (Fsp3) is 0.696. The maximum Gasteiger partial charge on any atom is 0.276 e. The summed E-state index contributed by atoms with van der Waals surface area (Å²) in [6.07, 6.45) is 5.21. The van der Waals surface area contributed by atoms with Crippen molar-refractivity contribution in [1.29, 1.82) is 0 Å². The van der Waals surface area contributed by atoms with E-state index < -0.39 is 0 Å². The second-order valence-corrected chi connectivity index (χ2v) is 9.60. The van der Waals surface area contributed by atoms with Crippen molar-refractivity contribution in [3.63, 3.8) is 0 Å². The molecular weight excluding hydrogens is 424 g/mol. The average Bonchev–Trinajstić information content (AvgIpc) is 3.55. The SMILES string of the molecule is CC(C)C(NC(=O)C1CCOC1)c1nnc2n1CCN(C(=O)c1noc3c1CCCC3)CC2. The molecule has 33 heavy (non-hydrogen) atoms. The summed E-state index contributed by atoms with van der Waals surface area (Å²) in [7, 11) is 0. The number of carbonyl (C=O) groups excluding carboxylic acids is 2. The molecule has 4 heterocycles. The summed E-state index contributed by atoms with van der Waals surface area (Å²) >= 11 is 0. The predicted molar refractivity (Wildman–Crippen MR) is 117 cm³/mol. The topological polar surface area (TPSA) is 115 Å². The smallest absolute Gasteiger partial charge is 0.276 e. The van der Waals surface area contributed by atoms with Crippen molar-refractivity contribution in [3.8, 4) is 0 Å². The van der Waals surface area contributed by atoms with Crippen molar-refractivity contribution in [1.82, 2.24) is 30.1 Å². The zero-order valence-electron chi connectivity index (χ0n) is 19.4. The Hall–Kier alpha value is -2.75. The Balaban J connectivity index is 1.31. The molecule has 1 N–H and O–H groups in total. The Morgan fingerprint density at radius 1 is 1.09 bits per heavy atom. The van der Waals surface area contributed by atoms with E-state index in [1.54, 1.807) is 0 Å². The fourth-order valence-corrected chi connectivity index (χ4v) is 5.02. The van der Waals surface area contributed by atoms with Crippen molar-refractivity contribution in [2.45, 2.75) is 65.0 Å². The Bertz CT molecular complexity index is 1020. The third kappa shape index (κ3) is 4.28. The van der Waals surface area contributed by atoms with Crippen LogP contribution in [0.2, 0.25) is 0 Å². The molecule has 1 fully saturated rings. The first-order valence-corrected chi connectivity index (χ1v) is 12.1. The minimum Gasteiger partial charge on any atom is -0.381 e. The number of fused-ring (bicyclic) bond motifs is 2. The van der Waals surface area contributed by atoms with Gasteiger partial charge in [0.15, 0.2) is 11.5 Å². The van der Waals surface area contributed by atoms with Crippen LogP contribution in [0.3, 0.4) is 0 Å². The van der Waals surface area contributed by atoms with Crippen LogP contribution in [0.5, 0.6) is 0 Å². The first-order valence-electron chi connectivity index (χ1n) is 12.1. The lowest BCUT2D eigenvalue weighted by Crippen LogP contribution is -2.38. The van der Waals surface area contributed by atoms with Gasteiger partial charge in [0.2, 0.25) is 5.91 Å². The zero-order valence-corrected chi connectivity index (χ0v) is 19.4. The number of ether oxygens (including phenoxy) is 1. The quantitative estimate of drug-likeness (QED) is 0.728. The normalized spacial score (nSPS) is 21.4. The number of rotatable bonds is 5. The van der Waals surface area contributed by atoms with Crippen LogP contribution in [0, 0.1) is 11.8 Å². The molecule has 2 atom stereocenters. The maximum atomic E-state index is 13.3. The highest BCUT2D eigenvalue weighted by molar-refractivity contribution is 5.94. The van der Waals surface area contributed by atoms with E-state index in [2.05, 4.69) is 39.1 Å². The van der Waals surface area contributed by atoms with E-state index >= 15 is 0 Å². The van der Waals surface area contributed by atoms with E-state index in [-0.39, 0.29) is 29.7 Å². The van der Waals surface area contributed by atoms with Gasteiger partial charge in [0.05, 0.1) is 18.6 Å². The molecule has 1 saturated heterocycles. The summed E-state index contributed by atoms with van der Waals surface area (Å²) in [5.74, 6) is 2.42. The van der Waals surface area contributed by atoms with Gasteiger partial charge in [-0.3, -0.25) is 9.59 Å². The molecule has 178 valence electrons. The average molecular weight is 457 g/mol. The largest absolute Gasteiger partial charge is 0.381 e. The zero-order chi connectivity index (χ0) is 22.9. The maximum absolute atomic E-state index is 13.3. The van der Waals surface area contributed by atoms with Gasteiger partial charge in [-0.2, -0.15) is 0 Å². The number of aromatic nitrogens is 4. The van der Waals surface area contributed by atoms with Gasteiger partial charge >= 0.3 is 0 Å². The number of hydrogen-bond acceptors (Lipinski definition) is 7. The van der Waals surface area contributed by atoms with E-state index in [1.165, 1.54) is 0 Å². The molecule has 2 aromatic heterocycles. The molecule has 2 amide bonds. The number of aryl methyl sites for hydroxylation is 1. The molecule has 2 aliphatic heterocycles. The standard InChI is InChI=1S/C23H32N6O4/c1-14(2)19(24-22(30)15-8-12-32-13-15)21-26-25-18-7-9-28(10-11-29(18)21)23(31)20-16-5-3-4-6-17(16)33-27-20/h14-15,19H,3-13H2,1-2H3,(H,24,30). The highest BCUT2D eigenvalue weighted by atomic mass is 16.5. The van der Waals surface area contributed by atoms with Gasteiger partial charge in [0.1, 0.15) is 11.6 Å². The van der Waals surface area contributed by atoms with E-state index in [0.717, 1.165) is 55.1 Å². The van der Waals surface area contributed by atoms with Crippen molar-refractivity contribution in [3.05, 3.63) is 28.7 Å². The number of carbonyl (C=O) groups is 2. The predicted octanol–water partition coefficient (Wildman–Crippen LogP) is 1.69. The number of hydrogen-bond donors (Lipinski definition) is 1. The van der Waals surface area contributed by atoms with E-state index in [0.29, 0.717) is 45.0 Å². The van der Waals surface area contributed by atoms with E-state index in [4.69, 9.17) is 9.26 Å². The van der Waals surface area contributed by atoms with Crippen molar-refractivity contribution in [2.75, 3.05) is 26.3 Å². The van der Waals surface area contributed by atoms with E-state index in [1.807, 2.05) is 4.90 Å². The third-order valence-electron chi connectivity index (χ3n) is 7.04. The van der Waals surface area contributed by atoms with Crippen LogP contribution in [0.25, 0.3) is 0 Å².